The summed E-state index contributed by atoms with van der Waals surface area (Å²) in [4.78, 5) is 0. The Hall–Kier alpha value is -5.98. The van der Waals surface area contributed by atoms with Crippen LogP contribution in [0.15, 0.2) is 170 Å². The summed E-state index contributed by atoms with van der Waals surface area (Å²) in [6.45, 7) is 4.78. The van der Waals surface area contributed by atoms with Gasteiger partial charge in [0.25, 0.3) is 0 Å². The topological polar surface area (TPSA) is 0 Å². The summed E-state index contributed by atoms with van der Waals surface area (Å²) in [5.74, 6) is 0. The summed E-state index contributed by atoms with van der Waals surface area (Å²) in [6, 6.07) is 63.1. The van der Waals surface area contributed by atoms with E-state index < -0.39 is 0 Å². The van der Waals surface area contributed by atoms with Crippen LogP contribution < -0.4 is 0 Å². The first-order valence-corrected chi connectivity index (χ1v) is 17.3. The van der Waals surface area contributed by atoms with Crippen LogP contribution in [-0.2, 0) is 5.41 Å². The lowest BCUT2D eigenvalue weighted by Gasteiger charge is -2.23. The van der Waals surface area contributed by atoms with Crippen LogP contribution >= 0.6 is 0 Å². The normalized spacial score (nSPS) is 13.3. The molecule has 230 valence electrons. The van der Waals surface area contributed by atoms with Crippen molar-refractivity contribution in [3.05, 3.63) is 181 Å². The Labute approximate surface area is 286 Å². The van der Waals surface area contributed by atoms with Gasteiger partial charge in [0.15, 0.2) is 0 Å². The zero-order valence-electron chi connectivity index (χ0n) is 27.7. The lowest BCUT2D eigenvalue weighted by Crippen LogP contribution is -2.15. The summed E-state index contributed by atoms with van der Waals surface area (Å²) in [6.07, 6.45) is 0. The van der Waals surface area contributed by atoms with Crippen LogP contribution in [0.25, 0.3) is 87.6 Å². The van der Waals surface area contributed by atoms with Gasteiger partial charge in [-0.1, -0.05) is 153 Å². The molecule has 0 amide bonds. The van der Waals surface area contributed by atoms with Crippen LogP contribution in [0.5, 0.6) is 0 Å². The molecule has 9 aromatic carbocycles. The molecule has 0 fully saturated rings. The zero-order valence-corrected chi connectivity index (χ0v) is 27.7. The van der Waals surface area contributed by atoms with Crippen molar-refractivity contribution < 1.29 is 0 Å². The Morgan fingerprint density at radius 1 is 0.306 bits per heavy atom. The van der Waals surface area contributed by atoms with Crippen LogP contribution in [-0.4, -0.2) is 0 Å². The molecule has 0 saturated carbocycles. The van der Waals surface area contributed by atoms with Crippen molar-refractivity contribution in [2.45, 2.75) is 19.3 Å². The van der Waals surface area contributed by atoms with E-state index in [1.165, 1.54) is 98.7 Å². The number of hydrogen-bond acceptors (Lipinski definition) is 0. The van der Waals surface area contributed by atoms with E-state index in [2.05, 4.69) is 184 Å². The standard InChI is InChI=1S/C49H34/c1-49(2)45-25-24-32-11-5-6-15-41(32)47(45)48-43-17-8-7-16-42(43)44(30-46(48)49)40-14-9-13-34(29-40)35-20-21-39-28-38(23-22-37(39)27-35)36-19-18-31-10-3-4-12-33(31)26-36/h3-30H,1-2H3. The average Bonchev–Trinajstić information content (AvgIpc) is 3.40. The summed E-state index contributed by atoms with van der Waals surface area (Å²) in [5, 5.41) is 10.3. The zero-order chi connectivity index (χ0) is 32.7. The molecule has 1 aliphatic rings. The van der Waals surface area contributed by atoms with Gasteiger partial charge in [0.2, 0.25) is 0 Å². The predicted molar refractivity (Wildman–Crippen MR) is 210 cm³/mol. The highest BCUT2D eigenvalue weighted by Crippen LogP contribution is 2.55. The fourth-order valence-corrected chi connectivity index (χ4v) is 8.42. The molecule has 0 aliphatic heterocycles. The summed E-state index contributed by atoms with van der Waals surface area (Å²) >= 11 is 0. The molecule has 10 rings (SSSR count). The maximum Gasteiger partial charge on any atom is 0.0159 e. The summed E-state index contributed by atoms with van der Waals surface area (Å²) in [5.41, 5.74) is 13.0. The maximum atomic E-state index is 2.49. The van der Waals surface area contributed by atoms with Gasteiger partial charge in [0.1, 0.15) is 0 Å². The second-order valence-corrected chi connectivity index (χ2v) is 14.1. The second kappa shape index (κ2) is 10.5. The van der Waals surface area contributed by atoms with Gasteiger partial charge in [-0.2, -0.15) is 0 Å². The molecule has 0 heteroatoms. The Morgan fingerprint density at radius 2 is 0.796 bits per heavy atom. The third-order valence-corrected chi connectivity index (χ3v) is 11.0. The van der Waals surface area contributed by atoms with Gasteiger partial charge in [0, 0.05) is 5.41 Å². The van der Waals surface area contributed by atoms with Crippen LogP contribution in [0, 0.1) is 0 Å². The molecule has 9 aromatic rings. The van der Waals surface area contributed by atoms with Crippen molar-refractivity contribution in [3.63, 3.8) is 0 Å². The molecule has 0 heterocycles. The van der Waals surface area contributed by atoms with Crippen molar-refractivity contribution in [2.75, 3.05) is 0 Å². The fourth-order valence-electron chi connectivity index (χ4n) is 8.42. The smallest absolute Gasteiger partial charge is 0.0159 e. The molecular weight excluding hydrogens is 589 g/mol. The van der Waals surface area contributed by atoms with E-state index in [0.29, 0.717) is 0 Å². The molecule has 0 spiro atoms. The molecular formula is C49H34. The molecule has 0 unspecified atom stereocenters. The number of fused-ring (bicyclic) bond motifs is 9. The largest absolute Gasteiger partial charge is 0.0616 e. The number of rotatable bonds is 3. The molecule has 1 aliphatic carbocycles. The Kier molecular flexibility index (Phi) is 6.02. The van der Waals surface area contributed by atoms with Gasteiger partial charge in [-0.25, -0.2) is 0 Å². The summed E-state index contributed by atoms with van der Waals surface area (Å²) < 4.78 is 0. The van der Waals surface area contributed by atoms with Crippen LogP contribution in [0.2, 0.25) is 0 Å². The van der Waals surface area contributed by atoms with E-state index >= 15 is 0 Å². The molecule has 0 atom stereocenters. The van der Waals surface area contributed by atoms with Crippen molar-refractivity contribution >= 4 is 43.1 Å². The van der Waals surface area contributed by atoms with E-state index in [4.69, 9.17) is 0 Å². The third-order valence-electron chi connectivity index (χ3n) is 11.0. The quantitative estimate of drug-likeness (QED) is 0.184. The monoisotopic (exact) mass is 622 g/mol. The lowest BCUT2D eigenvalue weighted by atomic mass is 9.80. The van der Waals surface area contributed by atoms with Gasteiger partial charge in [0.05, 0.1) is 0 Å². The first-order valence-electron chi connectivity index (χ1n) is 17.3. The van der Waals surface area contributed by atoms with E-state index in [1.54, 1.807) is 0 Å². The molecule has 0 aromatic heterocycles. The molecule has 0 nitrogen and oxygen atoms in total. The molecule has 0 N–H and O–H groups in total. The van der Waals surface area contributed by atoms with Gasteiger partial charge < -0.3 is 0 Å². The predicted octanol–water partition coefficient (Wildman–Crippen LogP) is 13.6. The van der Waals surface area contributed by atoms with Crippen LogP contribution in [0.1, 0.15) is 25.0 Å². The van der Waals surface area contributed by atoms with Crippen LogP contribution in [0.3, 0.4) is 0 Å². The Morgan fingerprint density at radius 3 is 1.51 bits per heavy atom. The second-order valence-electron chi connectivity index (χ2n) is 14.1. The van der Waals surface area contributed by atoms with Gasteiger partial charge in [-0.15, -0.1) is 0 Å². The highest BCUT2D eigenvalue weighted by Gasteiger charge is 2.38. The minimum Gasteiger partial charge on any atom is -0.0616 e. The number of benzene rings is 9. The van der Waals surface area contributed by atoms with Gasteiger partial charge >= 0.3 is 0 Å². The third kappa shape index (κ3) is 4.31. The fraction of sp³-hybridized carbons (Fsp3) is 0.0612. The maximum absolute atomic E-state index is 2.49. The Bertz CT molecular complexity index is 2800. The number of hydrogen-bond donors (Lipinski definition) is 0. The van der Waals surface area contributed by atoms with Crippen LogP contribution in [0.4, 0.5) is 0 Å². The Balaban J connectivity index is 1.08. The van der Waals surface area contributed by atoms with E-state index in [-0.39, 0.29) is 5.41 Å². The first-order chi connectivity index (χ1) is 24.0. The lowest BCUT2D eigenvalue weighted by molar-refractivity contribution is 0.661. The van der Waals surface area contributed by atoms with Crippen molar-refractivity contribution in [2.24, 2.45) is 0 Å². The van der Waals surface area contributed by atoms with E-state index in [9.17, 15) is 0 Å². The molecule has 49 heavy (non-hydrogen) atoms. The van der Waals surface area contributed by atoms with Crippen molar-refractivity contribution in [1.82, 2.24) is 0 Å². The van der Waals surface area contributed by atoms with E-state index in [0.717, 1.165) is 0 Å². The average molecular weight is 623 g/mol. The highest BCUT2D eigenvalue weighted by molar-refractivity contribution is 6.14. The van der Waals surface area contributed by atoms with Crippen molar-refractivity contribution in [1.29, 1.82) is 0 Å². The first kappa shape index (κ1) is 28.1. The van der Waals surface area contributed by atoms with Crippen molar-refractivity contribution in [3.8, 4) is 44.5 Å². The molecule has 0 saturated heterocycles. The minimum atomic E-state index is -0.102. The summed E-state index contributed by atoms with van der Waals surface area (Å²) in [7, 11) is 0. The SMILES string of the molecule is CC1(C)c2ccc3ccccc3c2-c2c1cc(-c1cccc(-c3ccc4cc(-c5ccc6ccccc6c5)ccc4c3)c1)c1ccccc21. The molecule has 0 bridgehead atoms. The van der Waals surface area contributed by atoms with Gasteiger partial charge in [-0.05, 0) is 129 Å². The minimum absolute atomic E-state index is 0.102. The van der Waals surface area contributed by atoms with E-state index in [1.807, 2.05) is 0 Å². The van der Waals surface area contributed by atoms with Gasteiger partial charge in [-0.3, -0.25) is 0 Å². The molecule has 0 radical (unpaired) electrons. The highest BCUT2D eigenvalue weighted by atomic mass is 14.4.